The van der Waals surface area contributed by atoms with Gasteiger partial charge in [-0.15, -0.1) is 0 Å². The van der Waals surface area contributed by atoms with Crippen LogP contribution in [0.3, 0.4) is 0 Å². The van der Waals surface area contributed by atoms with Gasteiger partial charge in [-0.25, -0.2) is 4.98 Å². The molecule has 1 N–H and O–H groups in total. The second kappa shape index (κ2) is 5.28. The van der Waals surface area contributed by atoms with Crippen molar-refractivity contribution in [2.24, 2.45) is 7.05 Å². The third-order valence-corrected chi connectivity index (χ3v) is 3.67. The summed E-state index contributed by atoms with van der Waals surface area (Å²) < 4.78 is 7.29. The molecule has 2 heterocycles. The van der Waals surface area contributed by atoms with Crippen LogP contribution in [-0.2, 0) is 11.8 Å². The lowest BCUT2D eigenvalue weighted by Gasteiger charge is -2.28. The summed E-state index contributed by atoms with van der Waals surface area (Å²) in [6, 6.07) is 5.97. The van der Waals surface area contributed by atoms with Gasteiger partial charge in [-0.3, -0.25) is 4.90 Å². The van der Waals surface area contributed by atoms with Crippen LogP contribution >= 0.6 is 0 Å². The van der Waals surface area contributed by atoms with Crippen molar-refractivity contribution in [2.45, 2.75) is 6.10 Å². The van der Waals surface area contributed by atoms with E-state index in [1.165, 1.54) is 0 Å². The van der Waals surface area contributed by atoms with E-state index in [0.29, 0.717) is 6.54 Å². The minimum absolute atomic E-state index is 0.468. The van der Waals surface area contributed by atoms with E-state index in [1.54, 1.807) is 6.33 Å². The Morgan fingerprint density at radius 3 is 2.95 bits per heavy atom. The number of ether oxygens (including phenoxy) is 1. The zero-order valence-corrected chi connectivity index (χ0v) is 11.1. The molecule has 0 bridgehead atoms. The summed E-state index contributed by atoms with van der Waals surface area (Å²) >= 11 is 0. The number of benzene rings is 1. The molecule has 1 unspecified atom stereocenters. The third-order valence-electron chi connectivity index (χ3n) is 3.67. The average molecular weight is 261 g/mol. The fourth-order valence-electron chi connectivity index (χ4n) is 2.49. The smallest absolute Gasteiger partial charge is 0.0955 e. The zero-order valence-electron chi connectivity index (χ0n) is 11.1. The molecular formula is C14H19N3O2. The van der Waals surface area contributed by atoms with E-state index >= 15 is 0 Å². The lowest BCUT2D eigenvalue weighted by molar-refractivity contribution is 0.0143. The minimum atomic E-state index is -0.468. The molecule has 1 atom stereocenters. The molecule has 2 aromatic rings. The van der Waals surface area contributed by atoms with Crippen LogP contribution in [0.25, 0.3) is 11.0 Å². The zero-order chi connectivity index (χ0) is 13.2. The average Bonchev–Trinajstić information content (AvgIpc) is 2.81. The SMILES string of the molecule is Cn1cnc2cc(C(O)CN3CCOCC3)ccc21. The highest BCUT2D eigenvalue weighted by Crippen LogP contribution is 2.20. The number of imidazole rings is 1. The number of nitrogens with zero attached hydrogens (tertiary/aromatic N) is 3. The summed E-state index contributed by atoms with van der Waals surface area (Å²) in [5.74, 6) is 0. The van der Waals surface area contributed by atoms with Crippen molar-refractivity contribution in [2.75, 3.05) is 32.8 Å². The number of hydrogen-bond acceptors (Lipinski definition) is 4. The number of aryl methyl sites for hydroxylation is 1. The Bertz CT molecular complexity index is 561. The molecule has 5 heteroatoms. The molecule has 1 saturated heterocycles. The maximum atomic E-state index is 10.3. The van der Waals surface area contributed by atoms with Crippen molar-refractivity contribution in [3.8, 4) is 0 Å². The van der Waals surface area contributed by atoms with Crippen molar-refractivity contribution >= 4 is 11.0 Å². The maximum absolute atomic E-state index is 10.3. The van der Waals surface area contributed by atoms with Gasteiger partial charge in [0.2, 0.25) is 0 Å². The summed E-state index contributed by atoms with van der Waals surface area (Å²) in [5, 5.41) is 10.3. The first kappa shape index (κ1) is 12.6. The number of β-amino-alcohol motifs (C(OH)–C–C–N with tert-alkyl or cyclic N) is 1. The highest BCUT2D eigenvalue weighted by atomic mass is 16.5. The van der Waals surface area contributed by atoms with Crippen LogP contribution in [0.4, 0.5) is 0 Å². The van der Waals surface area contributed by atoms with E-state index in [9.17, 15) is 5.11 Å². The Balaban J connectivity index is 1.75. The largest absolute Gasteiger partial charge is 0.387 e. The van der Waals surface area contributed by atoms with E-state index in [2.05, 4.69) is 9.88 Å². The molecule has 3 rings (SSSR count). The van der Waals surface area contributed by atoms with Crippen LogP contribution < -0.4 is 0 Å². The topological polar surface area (TPSA) is 50.5 Å². The Kier molecular flexibility index (Phi) is 3.50. The monoisotopic (exact) mass is 261 g/mol. The maximum Gasteiger partial charge on any atom is 0.0955 e. The summed E-state index contributed by atoms with van der Waals surface area (Å²) in [5.41, 5.74) is 2.95. The van der Waals surface area contributed by atoms with Gasteiger partial charge in [-0.2, -0.15) is 0 Å². The first-order valence-electron chi connectivity index (χ1n) is 6.63. The second-order valence-electron chi connectivity index (χ2n) is 5.03. The van der Waals surface area contributed by atoms with Crippen molar-refractivity contribution in [3.05, 3.63) is 30.1 Å². The normalized spacial score (nSPS) is 18.8. The number of aliphatic hydroxyl groups excluding tert-OH is 1. The molecule has 0 saturated carbocycles. The van der Waals surface area contributed by atoms with Crippen LogP contribution in [0.5, 0.6) is 0 Å². The molecule has 0 amide bonds. The number of morpholine rings is 1. The van der Waals surface area contributed by atoms with Crippen LogP contribution in [0.15, 0.2) is 24.5 Å². The van der Waals surface area contributed by atoms with Gasteiger partial charge in [0.25, 0.3) is 0 Å². The predicted molar refractivity (Wildman–Crippen MR) is 72.9 cm³/mol. The lowest BCUT2D eigenvalue weighted by Crippen LogP contribution is -2.38. The highest BCUT2D eigenvalue weighted by Gasteiger charge is 2.16. The third kappa shape index (κ3) is 2.63. The minimum Gasteiger partial charge on any atom is -0.387 e. The Morgan fingerprint density at radius 2 is 2.16 bits per heavy atom. The number of hydrogen-bond donors (Lipinski definition) is 1. The molecule has 19 heavy (non-hydrogen) atoms. The molecule has 1 aromatic carbocycles. The molecule has 1 aromatic heterocycles. The van der Waals surface area contributed by atoms with Gasteiger partial charge in [-0.1, -0.05) is 6.07 Å². The molecule has 0 aliphatic carbocycles. The van der Waals surface area contributed by atoms with Gasteiger partial charge in [0.15, 0.2) is 0 Å². The van der Waals surface area contributed by atoms with Crippen molar-refractivity contribution < 1.29 is 9.84 Å². The molecule has 0 radical (unpaired) electrons. The second-order valence-corrected chi connectivity index (χ2v) is 5.03. The van der Waals surface area contributed by atoms with E-state index < -0.39 is 6.10 Å². The molecule has 1 aliphatic rings. The van der Waals surface area contributed by atoms with Gasteiger partial charge in [0, 0.05) is 26.7 Å². The first-order valence-corrected chi connectivity index (χ1v) is 6.63. The summed E-state index contributed by atoms with van der Waals surface area (Å²) in [6.45, 7) is 3.95. The van der Waals surface area contributed by atoms with Gasteiger partial charge in [0.05, 0.1) is 36.7 Å². The summed E-state index contributed by atoms with van der Waals surface area (Å²) in [7, 11) is 1.97. The molecule has 1 fully saturated rings. The quantitative estimate of drug-likeness (QED) is 0.893. The van der Waals surface area contributed by atoms with Crippen LogP contribution in [-0.4, -0.2) is 52.4 Å². The van der Waals surface area contributed by atoms with Crippen molar-refractivity contribution in [3.63, 3.8) is 0 Å². The fourth-order valence-corrected chi connectivity index (χ4v) is 2.49. The van der Waals surface area contributed by atoms with Crippen LogP contribution in [0.1, 0.15) is 11.7 Å². The predicted octanol–water partition coefficient (Wildman–Crippen LogP) is 0.939. The van der Waals surface area contributed by atoms with Crippen LogP contribution in [0, 0.1) is 0 Å². The fraction of sp³-hybridized carbons (Fsp3) is 0.500. The van der Waals surface area contributed by atoms with Crippen molar-refractivity contribution in [1.29, 1.82) is 0 Å². The number of rotatable bonds is 3. The Morgan fingerprint density at radius 1 is 1.37 bits per heavy atom. The van der Waals surface area contributed by atoms with E-state index in [0.717, 1.165) is 42.9 Å². The highest BCUT2D eigenvalue weighted by molar-refractivity contribution is 5.76. The number of aromatic nitrogens is 2. The van der Waals surface area contributed by atoms with Gasteiger partial charge < -0.3 is 14.4 Å². The van der Waals surface area contributed by atoms with Gasteiger partial charge in [-0.05, 0) is 17.7 Å². The van der Waals surface area contributed by atoms with Gasteiger partial charge >= 0.3 is 0 Å². The van der Waals surface area contributed by atoms with E-state index in [-0.39, 0.29) is 0 Å². The lowest BCUT2D eigenvalue weighted by atomic mass is 10.1. The van der Waals surface area contributed by atoms with E-state index in [1.807, 2.05) is 29.8 Å². The standard InChI is InChI=1S/C14H19N3O2/c1-16-10-15-12-8-11(2-3-13(12)16)14(18)9-17-4-6-19-7-5-17/h2-3,8,10,14,18H,4-7,9H2,1H3. The number of aliphatic hydroxyl groups is 1. The Hall–Kier alpha value is -1.43. The van der Waals surface area contributed by atoms with Crippen molar-refractivity contribution in [1.82, 2.24) is 14.5 Å². The van der Waals surface area contributed by atoms with E-state index in [4.69, 9.17) is 4.74 Å². The Labute approximate surface area is 112 Å². The molecule has 102 valence electrons. The number of fused-ring (bicyclic) bond motifs is 1. The molecule has 0 spiro atoms. The molecular weight excluding hydrogens is 242 g/mol. The van der Waals surface area contributed by atoms with Crippen LogP contribution in [0.2, 0.25) is 0 Å². The van der Waals surface area contributed by atoms with Gasteiger partial charge in [0.1, 0.15) is 0 Å². The summed E-state index contributed by atoms with van der Waals surface area (Å²) in [6.07, 6.45) is 1.33. The summed E-state index contributed by atoms with van der Waals surface area (Å²) in [4.78, 5) is 6.56. The first-order chi connectivity index (χ1) is 9.24. The molecule has 1 aliphatic heterocycles. The molecule has 5 nitrogen and oxygen atoms in total.